The van der Waals surface area contributed by atoms with Gasteiger partial charge in [-0.3, -0.25) is 19.2 Å². The number of aryl methyl sites for hydroxylation is 1. The van der Waals surface area contributed by atoms with Gasteiger partial charge in [-0.05, 0) is 54.8 Å². The molecule has 0 N–H and O–H groups in total. The van der Waals surface area contributed by atoms with Crippen molar-refractivity contribution < 1.29 is 19.1 Å². The Morgan fingerprint density at radius 2 is 1.54 bits per heavy atom. The molecule has 0 saturated carbocycles. The third-order valence-electron chi connectivity index (χ3n) is 6.85. The number of ether oxygens (including phenoxy) is 2. The number of hydrogen-bond acceptors (Lipinski definition) is 5. The molecule has 2 aliphatic heterocycles. The monoisotopic (exact) mass is 491 g/mol. The van der Waals surface area contributed by atoms with E-state index in [0.29, 0.717) is 34.7 Å². The lowest BCUT2D eigenvalue weighted by Crippen LogP contribution is -2.41. The molecule has 0 bridgehead atoms. The summed E-state index contributed by atoms with van der Waals surface area (Å²) in [7, 11) is 0. The zero-order valence-corrected chi connectivity index (χ0v) is 20.6. The van der Waals surface area contributed by atoms with Crippen molar-refractivity contribution in [3.8, 4) is 11.5 Å². The molecule has 184 valence electrons. The fraction of sp³-hybridized carbons (Fsp3) is 0.167. The van der Waals surface area contributed by atoms with Crippen molar-refractivity contribution in [1.82, 2.24) is 14.7 Å². The molecular weight excluding hydrogens is 466 g/mol. The van der Waals surface area contributed by atoms with Crippen molar-refractivity contribution in [2.45, 2.75) is 26.9 Å². The van der Waals surface area contributed by atoms with Crippen molar-refractivity contribution in [1.29, 1.82) is 0 Å². The molecule has 0 unspecified atom stereocenters. The van der Waals surface area contributed by atoms with Crippen molar-refractivity contribution in [3.05, 3.63) is 112 Å². The average molecular weight is 492 g/mol. The number of carbonyl (C=O) groups is 2. The number of imide groups is 1. The normalized spacial score (nSPS) is 15.4. The van der Waals surface area contributed by atoms with E-state index < -0.39 is 0 Å². The number of hydrogen-bond donors (Lipinski definition) is 0. The number of aromatic nitrogens is 2. The first-order chi connectivity index (χ1) is 18.0. The van der Waals surface area contributed by atoms with Crippen molar-refractivity contribution >= 4 is 23.5 Å². The van der Waals surface area contributed by atoms with Crippen molar-refractivity contribution in [2.75, 3.05) is 6.79 Å². The molecule has 7 heteroatoms. The van der Waals surface area contributed by atoms with E-state index in [0.717, 1.165) is 28.1 Å². The Bertz CT molecular complexity index is 1570. The minimum Gasteiger partial charge on any atom is -0.454 e. The van der Waals surface area contributed by atoms with Gasteiger partial charge < -0.3 is 9.47 Å². The number of carbonyl (C=O) groups excluding carboxylic acids is 2. The van der Waals surface area contributed by atoms with Gasteiger partial charge >= 0.3 is 0 Å². The Morgan fingerprint density at radius 1 is 0.811 bits per heavy atom. The summed E-state index contributed by atoms with van der Waals surface area (Å²) >= 11 is 0. The molecule has 2 aliphatic rings. The molecule has 0 atom stereocenters. The Labute approximate surface area is 214 Å². The predicted octanol–water partition coefficient (Wildman–Crippen LogP) is 5.00. The predicted molar refractivity (Wildman–Crippen MR) is 139 cm³/mol. The lowest BCUT2D eigenvalue weighted by atomic mass is 9.91. The van der Waals surface area contributed by atoms with Crippen LogP contribution in [0.5, 0.6) is 11.5 Å². The van der Waals surface area contributed by atoms with Crippen LogP contribution in [0.1, 0.15) is 44.0 Å². The number of fused-ring (bicyclic) bond motifs is 2. The van der Waals surface area contributed by atoms with E-state index in [1.54, 1.807) is 12.1 Å². The lowest BCUT2D eigenvalue weighted by Gasteiger charge is -2.29. The molecule has 2 amide bonds. The van der Waals surface area contributed by atoms with E-state index in [1.165, 1.54) is 4.90 Å². The van der Waals surface area contributed by atoms with Gasteiger partial charge in [-0.1, -0.05) is 54.6 Å². The van der Waals surface area contributed by atoms with Gasteiger partial charge in [0.25, 0.3) is 11.8 Å². The maximum Gasteiger partial charge on any atom is 0.261 e. The van der Waals surface area contributed by atoms with E-state index in [2.05, 4.69) is 12.1 Å². The van der Waals surface area contributed by atoms with E-state index in [9.17, 15) is 9.59 Å². The van der Waals surface area contributed by atoms with E-state index in [1.807, 2.05) is 73.1 Å². The third-order valence-corrected chi connectivity index (χ3v) is 6.85. The average Bonchev–Trinajstić information content (AvgIpc) is 3.48. The van der Waals surface area contributed by atoms with E-state index in [-0.39, 0.29) is 25.2 Å². The van der Waals surface area contributed by atoms with E-state index in [4.69, 9.17) is 14.6 Å². The zero-order valence-electron chi connectivity index (χ0n) is 20.6. The van der Waals surface area contributed by atoms with Crippen LogP contribution in [0.25, 0.3) is 11.6 Å². The topological polar surface area (TPSA) is 73.7 Å². The second-order valence-electron chi connectivity index (χ2n) is 9.22. The van der Waals surface area contributed by atoms with Gasteiger partial charge in [-0.25, -0.2) is 0 Å². The highest BCUT2D eigenvalue weighted by Gasteiger charge is 2.35. The minimum atomic E-state index is -0.337. The van der Waals surface area contributed by atoms with Gasteiger partial charge in [0.05, 0.1) is 18.8 Å². The Hall–Kier alpha value is -4.65. The molecule has 1 aromatic heterocycles. The van der Waals surface area contributed by atoms with Crippen LogP contribution >= 0.6 is 0 Å². The van der Waals surface area contributed by atoms with Crippen LogP contribution in [0.3, 0.4) is 0 Å². The first-order valence-electron chi connectivity index (χ1n) is 12.1. The molecule has 0 aliphatic carbocycles. The first-order valence-corrected chi connectivity index (χ1v) is 12.1. The third kappa shape index (κ3) is 4.08. The van der Waals surface area contributed by atoms with Crippen LogP contribution in [0.4, 0.5) is 0 Å². The Balaban J connectivity index is 1.39. The fourth-order valence-electron chi connectivity index (χ4n) is 4.88. The highest BCUT2D eigenvalue weighted by atomic mass is 16.7. The maximum absolute atomic E-state index is 13.8. The number of rotatable bonds is 5. The summed E-state index contributed by atoms with van der Waals surface area (Å²) in [5, 5.41) is 4.74. The van der Waals surface area contributed by atoms with Crippen LogP contribution < -0.4 is 9.47 Å². The smallest absolute Gasteiger partial charge is 0.261 e. The van der Waals surface area contributed by atoms with Gasteiger partial charge in [-0.2, -0.15) is 5.10 Å². The summed E-state index contributed by atoms with van der Waals surface area (Å²) in [6, 6.07) is 22.9. The zero-order chi connectivity index (χ0) is 25.5. The number of amides is 2. The summed E-state index contributed by atoms with van der Waals surface area (Å²) in [6.45, 7) is 4.87. The van der Waals surface area contributed by atoms with Crippen molar-refractivity contribution in [3.63, 3.8) is 0 Å². The lowest BCUT2D eigenvalue weighted by molar-refractivity contribution is -0.123. The standard InChI is InChI=1S/C30H25N3O4/c1-19-25(20(2)33(31-19)17-21-8-4-3-5-9-21)15-26-23-10-6-7-11-24(23)29(34)32(30(26)35)16-22-12-13-27-28(14-22)37-18-36-27/h3-15H,16-18H2,1-2H3. The SMILES string of the molecule is Cc1nn(Cc2ccccc2)c(C)c1C=C1C(=O)N(Cc2ccc3c(c2)OCO3)C(=O)c2ccccc21. The molecule has 0 radical (unpaired) electrons. The van der Waals surface area contributed by atoms with Gasteiger partial charge in [0, 0.05) is 22.4 Å². The van der Waals surface area contributed by atoms with E-state index >= 15 is 0 Å². The number of benzene rings is 3. The fourth-order valence-corrected chi connectivity index (χ4v) is 4.88. The first kappa shape index (κ1) is 22.8. The Kier molecular flexibility index (Phi) is 5.60. The molecule has 37 heavy (non-hydrogen) atoms. The summed E-state index contributed by atoms with van der Waals surface area (Å²) < 4.78 is 12.8. The van der Waals surface area contributed by atoms with Crippen LogP contribution in [0, 0.1) is 13.8 Å². The molecular formula is C30H25N3O4. The molecule has 6 rings (SSSR count). The minimum absolute atomic E-state index is 0.130. The molecule has 0 fully saturated rings. The molecule has 3 aromatic carbocycles. The summed E-state index contributed by atoms with van der Waals surface area (Å²) in [5.74, 6) is 0.617. The second-order valence-corrected chi connectivity index (χ2v) is 9.22. The van der Waals surface area contributed by atoms with Crippen LogP contribution in [-0.2, 0) is 17.9 Å². The molecule has 3 heterocycles. The molecule has 7 nitrogen and oxygen atoms in total. The highest BCUT2D eigenvalue weighted by Crippen LogP contribution is 2.35. The summed E-state index contributed by atoms with van der Waals surface area (Å²) in [4.78, 5) is 28.5. The largest absolute Gasteiger partial charge is 0.454 e. The van der Waals surface area contributed by atoms with Gasteiger partial charge in [0.2, 0.25) is 6.79 Å². The molecule has 0 spiro atoms. The van der Waals surface area contributed by atoms with Gasteiger partial charge in [0.15, 0.2) is 11.5 Å². The van der Waals surface area contributed by atoms with Crippen LogP contribution in [0.2, 0.25) is 0 Å². The van der Waals surface area contributed by atoms with Crippen molar-refractivity contribution in [2.24, 2.45) is 0 Å². The number of nitrogens with zero attached hydrogens (tertiary/aromatic N) is 3. The van der Waals surface area contributed by atoms with Gasteiger partial charge in [0.1, 0.15) is 0 Å². The molecule has 0 saturated heterocycles. The highest BCUT2D eigenvalue weighted by molar-refractivity contribution is 6.33. The second kappa shape index (κ2) is 9.09. The molecule has 4 aromatic rings. The Morgan fingerprint density at radius 3 is 2.35 bits per heavy atom. The summed E-state index contributed by atoms with van der Waals surface area (Å²) in [5.41, 5.74) is 6.20. The van der Waals surface area contributed by atoms with Crippen LogP contribution in [0.15, 0.2) is 72.8 Å². The van der Waals surface area contributed by atoms with Gasteiger partial charge in [-0.15, -0.1) is 0 Å². The maximum atomic E-state index is 13.8. The quantitative estimate of drug-likeness (QED) is 0.290. The summed E-state index contributed by atoms with van der Waals surface area (Å²) in [6.07, 6.45) is 1.87. The van der Waals surface area contributed by atoms with Crippen LogP contribution in [-0.4, -0.2) is 33.3 Å².